The zero-order chi connectivity index (χ0) is 8.55. The number of hydrogen-bond acceptors (Lipinski definition) is 2. The van der Waals surface area contributed by atoms with Crippen molar-refractivity contribution in [2.24, 2.45) is 11.7 Å². The van der Waals surface area contributed by atoms with Gasteiger partial charge in [0, 0.05) is 25.7 Å². The summed E-state index contributed by atoms with van der Waals surface area (Å²) in [6.45, 7) is 2.57. The highest BCUT2D eigenvalue weighted by Gasteiger charge is 2.30. The van der Waals surface area contributed by atoms with E-state index in [1.54, 1.807) is 0 Å². The summed E-state index contributed by atoms with van der Waals surface area (Å²) in [5.41, 5.74) is 5.66. The predicted octanol–water partition coefficient (Wildman–Crippen LogP) is -0.251. The van der Waals surface area contributed by atoms with Gasteiger partial charge < -0.3 is 16.0 Å². The molecule has 2 aliphatic rings. The Kier molecular flexibility index (Phi) is 1.92. The van der Waals surface area contributed by atoms with Gasteiger partial charge in [0.15, 0.2) is 0 Å². The zero-order valence-electron chi connectivity index (χ0n) is 7.12. The molecule has 1 heterocycles. The quantitative estimate of drug-likeness (QED) is 0.599. The Morgan fingerprint density at radius 2 is 2.33 bits per heavy atom. The van der Waals surface area contributed by atoms with Gasteiger partial charge in [0.2, 0.25) is 0 Å². The zero-order valence-corrected chi connectivity index (χ0v) is 7.12. The Hall–Kier alpha value is -0.770. The van der Waals surface area contributed by atoms with Crippen LogP contribution in [0.4, 0.5) is 4.79 Å². The van der Waals surface area contributed by atoms with E-state index in [-0.39, 0.29) is 6.03 Å². The number of nitrogens with one attached hydrogen (secondary N) is 1. The third-order valence-electron chi connectivity index (χ3n) is 2.70. The van der Waals surface area contributed by atoms with Crippen LogP contribution in [0.5, 0.6) is 0 Å². The Labute approximate surface area is 72.1 Å². The standard InChI is InChI=1S/C8H15N3O/c9-7-3-6(4-7)5-11-2-1-10-8(11)12/h6-7H,1-5,9H2,(H,10,12). The average molecular weight is 169 g/mol. The predicted molar refractivity (Wildman–Crippen MR) is 45.7 cm³/mol. The van der Waals surface area contributed by atoms with Gasteiger partial charge >= 0.3 is 6.03 Å². The fourth-order valence-corrected chi connectivity index (χ4v) is 1.93. The van der Waals surface area contributed by atoms with Gasteiger partial charge in [0.05, 0.1) is 0 Å². The van der Waals surface area contributed by atoms with Gasteiger partial charge in [-0.25, -0.2) is 4.79 Å². The summed E-state index contributed by atoms with van der Waals surface area (Å²) in [7, 11) is 0. The van der Waals surface area contributed by atoms with E-state index < -0.39 is 0 Å². The number of nitrogens with two attached hydrogens (primary N) is 1. The largest absolute Gasteiger partial charge is 0.336 e. The lowest BCUT2D eigenvalue weighted by molar-refractivity contribution is 0.176. The van der Waals surface area contributed by atoms with Crippen molar-refractivity contribution in [3.63, 3.8) is 0 Å². The Morgan fingerprint density at radius 1 is 1.58 bits per heavy atom. The molecule has 1 saturated heterocycles. The van der Waals surface area contributed by atoms with Gasteiger partial charge in [-0.2, -0.15) is 0 Å². The van der Waals surface area contributed by atoms with Crippen LogP contribution in [0.15, 0.2) is 0 Å². The summed E-state index contributed by atoms with van der Waals surface area (Å²) in [6, 6.07) is 0.483. The molecular weight excluding hydrogens is 154 g/mol. The first-order valence-corrected chi connectivity index (χ1v) is 4.54. The first-order chi connectivity index (χ1) is 5.75. The van der Waals surface area contributed by atoms with E-state index in [9.17, 15) is 4.79 Å². The summed E-state index contributed by atoms with van der Waals surface area (Å²) in [5.74, 6) is 0.656. The van der Waals surface area contributed by atoms with Crippen molar-refractivity contribution in [3.8, 4) is 0 Å². The Morgan fingerprint density at radius 3 is 2.83 bits per heavy atom. The average Bonchev–Trinajstić information content (AvgIpc) is 2.33. The second kappa shape index (κ2) is 2.94. The molecule has 12 heavy (non-hydrogen) atoms. The second-order valence-electron chi connectivity index (χ2n) is 3.78. The summed E-state index contributed by atoms with van der Waals surface area (Å²) < 4.78 is 0. The second-order valence-corrected chi connectivity index (χ2v) is 3.78. The number of rotatable bonds is 2. The van der Waals surface area contributed by atoms with Crippen molar-refractivity contribution in [1.82, 2.24) is 10.2 Å². The molecule has 3 N–H and O–H groups in total. The van der Waals surface area contributed by atoms with Crippen LogP contribution in [0.3, 0.4) is 0 Å². The van der Waals surface area contributed by atoms with Crippen molar-refractivity contribution in [2.45, 2.75) is 18.9 Å². The minimum Gasteiger partial charge on any atom is -0.336 e. The van der Waals surface area contributed by atoms with E-state index in [0.717, 1.165) is 32.5 Å². The number of nitrogens with zero attached hydrogens (tertiary/aromatic N) is 1. The van der Waals surface area contributed by atoms with E-state index in [1.165, 1.54) is 0 Å². The van der Waals surface area contributed by atoms with E-state index >= 15 is 0 Å². The molecule has 0 atom stereocenters. The molecule has 4 heteroatoms. The first kappa shape index (κ1) is 7.86. The number of amides is 2. The fraction of sp³-hybridized carbons (Fsp3) is 0.875. The third kappa shape index (κ3) is 1.39. The molecule has 2 amide bonds. The normalized spacial score (nSPS) is 34.8. The summed E-state index contributed by atoms with van der Waals surface area (Å²) >= 11 is 0. The smallest absolute Gasteiger partial charge is 0.317 e. The van der Waals surface area contributed by atoms with Crippen LogP contribution in [-0.2, 0) is 0 Å². The molecule has 1 saturated carbocycles. The van der Waals surface area contributed by atoms with Crippen LogP contribution < -0.4 is 11.1 Å². The van der Waals surface area contributed by atoms with Crippen molar-refractivity contribution < 1.29 is 4.79 Å². The number of carbonyl (C=O) groups is 1. The third-order valence-corrected chi connectivity index (χ3v) is 2.70. The van der Waals surface area contributed by atoms with Crippen LogP contribution in [0, 0.1) is 5.92 Å². The summed E-state index contributed by atoms with van der Waals surface area (Å²) in [4.78, 5) is 13.0. The minimum atomic E-state index is 0.0930. The van der Waals surface area contributed by atoms with Gasteiger partial charge in [-0.1, -0.05) is 0 Å². The van der Waals surface area contributed by atoms with Crippen molar-refractivity contribution in [2.75, 3.05) is 19.6 Å². The van der Waals surface area contributed by atoms with Gasteiger partial charge in [0.1, 0.15) is 0 Å². The number of hydrogen-bond donors (Lipinski definition) is 2. The maximum atomic E-state index is 11.1. The van der Waals surface area contributed by atoms with E-state index in [4.69, 9.17) is 5.73 Å². The van der Waals surface area contributed by atoms with Crippen LogP contribution in [0.1, 0.15) is 12.8 Å². The molecule has 0 aromatic heterocycles. The molecule has 1 aliphatic heterocycles. The molecule has 0 unspecified atom stereocenters. The van der Waals surface area contributed by atoms with Gasteiger partial charge in [0.25, 0.3) is 0 Å². The number of carbonyl (C=O) groups excluding carboxylic acids is 1. The maximum absolute atomic E-state index is 11.1. The van der Waals surface area contributed by atoms with Crippen LogP contribution in [0.2, 0.25) is 0 Å². The molecule has 0 spiro atoms. The van der Waals surface area contributed by atoms with E-state index in [2.05, 4.69) is 5.32 Å². The maximum Gasteiger partial charge on any atom is 0.317 e. The van der Waals surface area contributed by atoms with Crippen LogP contribution in [-0.4, -0.2) is 36.6 Å². The van der Waals surface area contributed by atoms with Crippen molar-refractivity contribution >= 4 is 6.03 Å². The molecular formula is C8H15N3O. The molecule has 4 nitrogen and oxygen atoms in total. The molecule has 0 aromatic rings. The van der Waals surface area contributed by atoms with Crippen LogP contribution in [0.25, 0.3) is 0 Å². The highest BCUT2D eigenvalue weighted by molar-refractivity contribution is 5.76. The molecule has 0 aromatic carbocycles. The molecule has 2 rings (SSSR count). The lowest BCUT2D eigenvalue weighted by Gasteiger charge is -2.34. The van der Waals surface area contributed by atoms with Gasteiger partial charge in [-0.3, -0.25) is 0 Å². The van der Waals surface area contributed by atoms with Crippen LogP contribution >= 0.6 is 0 Å². The molecule has 0 radical (unpaired) electrons. The van der Waals surface area contributed by atoms with Crippen molar-refractivity contribution in [3.05, 3.63) is 0 Å². The molecule has 2 fully saturated rings. The van der Waals surface area contributed by atoms with Gasteiger partial charge in [-0.05, 0) is 18.8 Å². The van der Waals surface area contributed by atoms with Gasteiger partial charge in [-0.15, -0.1) is 0 Å². The molecule has 1 aliphatic carbocycles. The highest BCUT2D eigenvalue weighted by atomic mass is 16.2. The van der Waals surface area contributed by atoms with E-state index in [1.807, 2.05) is 4.90 Å². The first-order valence-electron chi connectivity index (χ1n) is 4.54. The summed E-state index contributed by atoms with van der Waals surface area (Å²) in [5, 5.41) is 2.79. The highest BCUT2D eigenvalue weighted by Crippen LogP contribution is 2.26. The lowest BCUT2D eigenvalue weighted by Crippen LogP contribution is -2.43. The SMILES string of the molecule is NC1CC(CN2CCNC2=O)C1. The lowest BCUT2D eigenvalue weighted by atomic mass is 9.81. The monoisotopic (exact) mass is 169 g/mol. The molecule has 68 valence electrons. The van der Waals surface area contributed by atoms with E-state index in [0.29, 0.717) is 12.0 Å². The number of urea groups is 1. The van der Waals surface area contributed by atoms with Crippen molar-refractivity contribution in [1.29, 1.82) is 0 Å². The minimum absolute atomic E-state index is 0.0930. The molecule has 0 bridgehead atoms. The topological polar surface area (TPSA) is 58.4 Å². The Bertz CT molecular complexity index is 189. The Balaban J connectivity index is 1.76. The fourth-order valence-electron chi connectivity index (χ4n) is 1.93. The summed E-state index contributed by atoms with van der Waals surface area (Å²) in [6.07, 6.45) is 2.17.